The summed E-state index contributed by atoms with van der Waals surface area (Å²) in [4.78, 5) is 26.7. The fraction of sp³-hybridized carbons (Fsp3) is 0.385. The molecular formula is C13H15BrN2O3. The number of carbonyl (C=O) groups is 2. The number of rotatable bonds is 3. The quantitative estimate of drug-likeness (QED) is 0.795. The molecule has 1 heterocycles. The van der Waals surface area contributed by atoms with E-state index >= 15 is 0 Å². The first-order valence-corrected chi connectivity index (χ1v) is 6.70. The lowest BCUT2D eigenvalue weighted by Gasteiger charge is -2.35. The van der Waals surface area contributed by atoms with Crippen LogP contribution >= 0.6 is 15.9 Å². The molecule has 102 valence electrons. The lowest BCUT2D eigenvalue weighted by molar-refractivity contribution is -0.140. The second-order valence-corrected chi connectivity index (χ2v) is 5.25. The van der Waals surface area contributed by atoms with Crippen LogP contribution in [-0.4, -0.2) is 39.1 Å². The molecule has 2 rings (SSSR count). The highest BCUT2D eigenvalue weighted by molar-refractivity contribution is 9.10. The molecule has 0 unspecified atom stereocenters. The van der Waals surface area contributed by atoms with Crippen molar-refractivity contribution in [1.29, 1.82) is 0 Å². The van der Waals surface area contributed by atoms with Gasteiger partial charge in [0.1, 0.15) is 0 Å². The van der Waals surface area contributed by atoms with Gasteiger partial charge in [-0.1, -0.05) is 15.9 Å². The molecule has 1 amide bonds. The van der Waals surface area contributed by atoms with E-state index in [2.05, 4.69) is 20.7 Å². The summed E-state index contributed by atoms with van der Waals surface area (Å²) in [5.41, 5.74) is 1.80. The lowest BCUT2D eigenvalue weighted by Crippen LogP contribution is -2.44. The van der Waals surface area contributed by atoms with Crippen LogP contribution in [-0.2, 0) is 14.3 Å². The Morgan fingerprint density at radius 2 is 2.16 bits per heavy atom. The molecule has 0 bridgehead atoms. The fourth-order valence-electron chi connectivity index (χ4n) is 2.05. The van der Waals surface area contributed by atoms with Gasteiger partial charge in [0.15, 0.2) is 0 Å². The standard InChI is InChI=1S/C13H15BrN2O3/c1-15-10-4-3-9(14)7-11(10)16(8-12(15)17)6-5-13(18)19-2/h3-4,7H,5-6,8H2,1-2H3. The number of carbonyl (C=O) groups excluding carboxylic acids is 2. The molecule has 6 heteroatoms. The minimum atomic E-state index is -0.275. The zero-order valence-electron chi connectivity index (χ0n) is 10.9. The molecule has 19 heavy (non-hydrogen) atoms. The van der Waals surface area contributed by atoms with Gasteiger partial charge < -0.3 is 14.5 Å². The molecule has 5 nitrogen and oxygen atoms in total. The van der Waals surface area contributed by atoms with Crippen molar-refractivity contribution in [1.82, 2.24) is 0 Å². The molecule has 0 fully saturated rings. The first kappa shape index (κ1) is 13.9. The van der Waals surface area contributed by atoms with Gasteiger partial charge in [-0.05, 0) is 18.2 Å². The molecule has 0 atom stereocenters. The minimum Gasteiger partial charge on any atom is -0.469 e. The molecular weight excluding hydrogens is 312 g/mol. The van der Waals surface area contributed by atoms with Gasteiger partial charge in [-0.15, -0.1) is 0 Å². The molecule has 0 radical (unpaired) electrons. The van der Waals surface area contributed by atoms with E-state index in [1.807, 2.05) is 23.1 Å². The van der Waals surface area contributed by atoms with Crippen LogP contribution in [0.5, 0.6) is 0 Å². The second-order valence-electron chi connectivity index (χ2n) is 4.33. The molecule has 1 aromatic rings. The molecule has 0 aliphatic carbocycles. The van der Waals surface area contributed by atoms with E-state index < -0.39 is 0 Å². The van der Waals surface area contributed by atoms with E-state index in [0.717, 1.165) is 15.8 Å². The molecule has 0 N–H and O–H groups in total. The van der Waals surface area contributed by atoms with E-state index in [1.54, 1.807) is 11.9 Å². The maximum absolute atomic E-state index is 11.9. The number of esters is 1. The van der Waals surface area contributed by atoms with Gasteiger partial charge in [-0.3, -0.25) is 9.59 Å². The number of likely N-dealkylation sites (N-methyl/N-ethyl adjacent to an activating group) is 1. The summed E-state index contributed by atoms with van der Waals surface area (Å²) in [6.45, 7) is 0.743. The van der Waals surface area contributed by atoms with Crippen LogP contribution in [0.3, 0.4) is 0 Å². The van der Waals surface area contributed by atoms with Gasteiger partial charge in [0.25, 0.3) is 0 Å². The number of nitrogens with zero attached hydrogens (tertiary/aromatic N) is 2. The second kappa shape index (κ2) is 5.61. The zero-order chi connectivity index (χ0) is 14.0. The normalized spacial score (nSPS) is 14.4. The Hall–Kier alpha value is -1.56. The fourth-order valence-corrected chi connectivity index (χ4v) is 2.40. The summed E-state index contributed by atoms with van der Waals surface area (Å²) in [7, 11) is 3.12. The highest BCUT2D eigenvalue weighted by atomic mass is 79.9. The smallest absolute Gasteiger partial charge is 0.307 e. The Kier molecular flexibility index (Phi) is 4.09. The zero-order valence-corrected chi connectivity index (χ0v) is 12.4. The van der Waals surface area contributed by atoms with Gasteiger partial charge in [0, 0.05) is 18.1 Å². The summed E-state index contributed by atoms with van der Waals surface area (Å²) < 4.78 is 5.57. The van der Waals surface area contributed by atoms with E-state index in [9.17, 15) is 9.59 Å². The first-order chi connectivity index (χ1) is 9.02. The topological polar surface area (TPSA) is 49.9 Å². The predicted octanol–water partition coefficient (Wildman–Crippen LogP) is 1.79. The third-order valence-corrected chi connectivity index (χ3v) is 3.65. The number of anilines is 2. The summed E-state index contributed by atoms with van der Waals surface area (Å²) in [6.07, 6.45) is 0.263. The average Bonchev–Trinajstić information content (AvgIpc) is 2.40. The first-order valence-electron chi connectivity index (χ1n) is 5.91. The van der Waals surface area contributed by atoms with Crippen LogP contribution in [0.4, 0.5) is 11.4 Å². The van der Waals surface area contributed by atoms with Crippen molar-refractivity contribution >= 4 is 39.2 Å². The van der Waals surface area contributed by atoms with E-state index in [1.165, 1.54) is 7.11 Å². The molecule has 0 saturated heterocycles. The van der Waals surface area contributed by atoms with Gasteiger partial charge in [0.05, 0.1) is 31.5 Å². The van der Waals surface area contributed by atoms with Crippen LogP contribution in [0.1, 0.15) is 6.42 Å². The van der Waals surface area contributed by atoms with Crippen molar-refractivity contribution in [2.45, 2.75) is 6.42 Å². The number of benzene rings is 1. The van der Waals surface area contributed by atoms with Crippen LogP contribution < -0.4 is 9.80 Å². The number of hydrogen-bond donors (Lipinski definition) is 0. The van der Waals surface area contributed by atoms with Gasteiger partial charge in [0.2, 0.25) is 5.91 Å². The van der Waals surface area contributed by atoms with Crippen molar-refractivity contribution < 1.29 is 14.3 Å². The number of halogens is 1. The number of ether oxygens (including phenoxy) is 1. The van der Waals surface area contributed by atoms with Crippen LogP contribution in [0, 0.1) is 0 Å². The number of methoxy groups -OCH3 is 1. The molecule has 1 aromatic carbocycles. The highest BCUT2D eigenvalue weighted by Gasteiger charge is 2.26. The Morgan fingerprint density at radius 3 is 2.84 bits per heavy atom. The molecule has 1 aliphatic rings. The van der Waals surface area contributed by atoms with E-state index in [4.69, 9.17) is 0 Å². The highest BCUT2D eigenvalue weighted by Crippen LogP contribution is 2.35. The minimum absolute atomic E-state index is 0.0136. The van der Waals surface area contributed by atoms with Crippen molar-refractivity contribution in [3.8, 4) is 0 Å². The van der Waals surface area contributed by atoms with E-state index in [-0.39, 0.29) is 24.8 Å². The molecule has 1 aliphatic heterocycles. The van der Waals surface area contributed by atoms with Gasteiger partial charge in [-0.25, -0.2) is 0 Å². The maximum Gasteiger partial charge on any atom is 0.307 e. The van der Waals surface area contributed by atoms with Crippen molar-refractivity contribution in [2.75, 3.05) is 37.0 Å². The lowest BCUT2D eigenvalue weighted by atomic mass is 10.1. The maximum atomic E-state index is 11.9. The Balaban J connectivity index is 2.26. The van der Waals surface area contributed by atoms with Crippen LogP contribution in [0.15, 0.2) is 22.7 Å². The summed E-state index contributed by atoms with van der Waals surface area (Å²) >= 11 is 3.42. The van der Waals surface area contributed by atoms with Crippen LogP contribution in [0.25, 0.3) is 0 Å². The van der Waals surface area contributed by atoms with Crippen molar-refractivity contribution in [3.05, 3.63) is 22.7 Å². The number of amides is 1. The Morgan fingerprint density at radius 1 is 1.42 bits per heavy atom. The Bertz CT molecular complexity index is 519. The SMILES string of the molecule is COC(=O)CCN1CC(=O)N(C)c2ccc(Br)cc21. The molecule has 0 spiro atoms. The largest absolute Gasteiger partial charge is 0.469 e. The summed E-state index contributed by atoms with van der Waals surface area (Å²) in [6, 6.07) is 5.74. The van der Waals surface area contributed by atoms with Crippen molar-refractivity contribution in [2.24, 2.45) is 0 Å². The number of hydrogen-bond acceptors (Lipinski definition) is 4. The monoisotopic (exact) mass is 326 g/mol. The van der Waals surface area contributed by atoms with Gasteiger partial charge in [-0.2, -0.15) is 0 Å². The van der Waals surface area contributed by atoms with E-state index in [0.29, 0.717) is 6.54 Å². The average molecular weight is 327 g/mol. The Labute approximate surface area is 120 Å². The summed E-state index contributed by atoms with van der Waals surface area (Å²) in [5, 5.41) is 0. The third-order valence-electron chi connectivity index (χ3n) is 3.15. The van der Waals surface area contributed by atoms with Gasteiger partial charge >= 0.3 is 5.97 Å². The molecule has 0 aromatic heterocycles. The van der Waals surface area contributed by atoms with Crippen LogP contribution in [0.2, 0.25) is 0 Å². The number of fused-ring (bicyclic) bond motifs is 1. The van der Waals surface area contributed by atoms with Crippen molar-refractivity contribution in [3.63, 3.8) is 0 Å². The predicted molar refractivity (Wildman–Crippen MR) is 76.4 cm³/mol. The third kappa shape index (κ3) is 2.89. The molecule has 0 saturated carbocycles. The summed E-state index contributed by atoms with van der Waals surface area (Å²) in [5.74, 6) is -0.261.